The summed E-state index contributed by atoms with van der Waals surface area (Å²) < 4.78 is 24.1. The molecule has 1 heterocycles. The SMILES string of the molecule is NS(=O)(=O)c1ccc(CCNc2nnnn2-c2ccccc2)cc1. The van der Waals surface area contributed by atoms with Gasteiger partial charge in [0.2, 0.25) is 16.0 Å². The number of tetrazole rings is 1. The summed E-state index contributed by atoms with van der Waals surface area (Å²) in [5.41, 5.74) is 1.84. The van der Waals surface area contributed by atoms with Gasteiger partial charge >= 0.3 is 0 Å². The van der Waals surface area contributed by atoms with Crippen molar-refractivity contribution >= 4 is 16.0 Å². The number of hydrogen-bond donors (Lipinski definition) is 2. The molecule has 0 aliphatic carbocycles. The van der Waals surface area contributed by atoms with Gasteiger partial charge in [-0.25, -0.2) is 13.6 Å². The zero-order chi connectivity index (χ0) is 17.0. The molecule has 3 N–H and O–H groups in total. The Kier molecular flexibility index (Phi) is 4.54. The second kappa shape index (κ2) is 6.77. The molecule has 0 radical (unpaired) electrons. The van der Waals surface area contributed by atoms with E-state index in [1.807, 2.05) is 30.3 Å². The van der Waals surface area contributed by atoms with Crippen molar-refractivity contribution in [2.45, 2.75) is 11.3 Å². The Balaban J connectivity index is 1.63. The summed E-state index contributed by atoms with van der Waals surface area (Å²) in [6, 6.07) is 16.0. The standard InChI is InChI=1S/C15H16N6O2S/c16-24(22,23)14-8-6-12(7-9-14)10-11-17-15-18-19-20-21(15)13-4-2-1-3-5-13/h1-9H,10-11H2,(H2,16,22,23)(H,17,18,20). The first-order valence-corrected chi connectivity index (χ1v) is 8.78. The van der Waals surface area contributed by atoms with Crippen LogP contribution in [0.5, 0.6) is 0 Å². The largest absolute Gasteiger partial charge is 0.352 e. The number of nitrogens with zero attached hydrogens (tertiary/aromatic N) is 4. The Morgan fingerprint density at radius 1 is 1.04 bits per heavy atom. The summed E-state index contributed by atoms with van der Waals surface area (Å²) in [5.74, 6) is 0.544. The van der Waals surface area contributed by atoms with E-state index in [4.69, 9.17) is 5.14 Å². The van der Waals surface area contributed by atoms with Gasteiger partial charge in [-0.3, -0.25) is 0 Å². The average molecular weight is 344 g/mol. The molecule has 0 amide bonds. The fraction of sp³-hybridized carbons (Fsp3) is 0.133. The number of hydrogen-bond acceptors (Lipinski definition) is 6. The van der Waals surface area contributed by atoms with Gasteiger partial charge in [0.25, 0.3) is 0 Å². The average Bonchev–Trinajstić information content (AvgIpc) is 3.04. The molecule has 1 aromatic heterocycles. The number of aromatic nitrogens is 4. The van der Waals surface area contributed by atoms with Gasteiger partial charge in [-0.05, 0) is 46.7 Å². The number of nitrogens with two attached hydrogens (primary N) is 1. The zero-order valence-corrected chi connectivity index (χ0v) is 13.5. The van der Waals surface area contributed by atoms with Gasteiger partial charge in [0.1, 0.15) is 0 Å². The zero-order valence-electron chi connectivity index (χ0n) is 12.7. The van der Waals surface area contributed by atoms with Crippen LogP contribution in [0, 0.1) is 0 Å². The highest BCUT2D eigenvalue weighted by Crippen LogP contribution is 2.12. The summed E-state index contributed by atoms with van der Waals surface area (Å²) in [4.78, 5) is 0.104. The molecular formula is C15H16N6O2S. The van der Waals surface area contributed by atoms with Crippen LogP contribution in [0.1, 0.15) is 5.56 Å². The van der Waals surface area contributed by atoms with E-state index in [-0.39, 0.29) is 4.90 Å². The van der Waals surface area contributed by atoms with Gasteiger partial charge < -0.3 is 5.32 Å². The molecule has 0 atom stereocenters. The quantitative estimate of drug-likeness (QED) is 0.688. The van der Waals surface area contributed by atoms with Crippen LogP contribution in [-0.2, 0) is 16.4 Å². The monoisotopic (exact) mass is 344 g/mol. The van der Waals surface area contributed by atoms with E-state index in [1.54, 1.807) is 16.8 Å². The van der Waals surface area contributed by atoms with Crippen molar-refractivity contribution < 1.29 is 8.42 Å². The molecule has 0 saturated carbocycles. The van der Waals surface area contributed by atoms with E-state index in [9.17, 15) is 8.42 Å². The maximum absolute atomic E-state index is 11.2. The number of benzene rings is 2. The number of rotatable bonds is 6. The fourth-order valence-electron chi connectivity index (χ4n) is 2.20. The molecule has 9 heteroatoms. The van der Waals surface area contributed by atoms with E-state index in [1.165, 1.54) is 12.1 Å². The molecule has 124 valence electrons. The first-order chi connectivity index (χ1) is 11.5. The number of anilines is 1. The van der Waals surface area contributed by atoms with Gasteiger partial charge in [-0.15, -0.1) is 0 Å². The summed E-state index contributed by atoms with van der Waals surface area (Å²) in [7, 11) is -3.66. The number of primary sulfonamides is 1. The molecule has 3 rings (SSSR count). The van der Waals surface area contributed by atoms with Crippen LogP contribution in [0.2, 0.25) is 0 Å². The third kappa shape index (κ3) is 3.76. The minimum Gasteiger partial charge on any atom is -0.352 e. The topological polar surface area (TPSA) is 116 Å². The van der Waals surface area contributed by atoms with E-state index in [0.29, 0.717) is 18.9 Å². The molecule has 0 unspecified atom stereocenters. The molecule has 3 aromatic rings. The lowest BCUT2D eigenvalue weighted by atomic mass is 10.1. The third-order valence-electron chi connectivity index (χ3n) is 3.42. The molecule has 24 heavy (non-hydrogen) atoms. The van der Waals surface area contributed by atoms with Gasteiger partial charge in [0.05, 0.1) is 10.6 Å². The maximum Gasteiger partial charge on any atom is 0.247 e. The second-order valence-corrected chi connectivity index (χ2v) is 6.68. The summed E-state index contributed by atoms with van der Waals surface area (Å²) >= 11 is 0. The van der Waals surface area contributed by atoms with Crippen LogP contribution < -0.4 is 10.5 Å². The summed E-state index contributed by atoms with van der Waals surface area (Å²) in [5, 5.41) is 19.9. The van der Waals surface area contributed by atoms with Crippen molar-refractivity contribution in [1.29, 1.82) is 0 Å². The molecular weight excluding hydrogens is 328 g/mol. The van der Waals surface area contributed by atoms with E-state index in [2.05, 4.69) is 20.8 Å². The molecule has 2 aromatic carbocycles. The van der Waals surface area contributed by atoms with Gasteiger partial charge in [-0.1, -0.05) is 35.4 Å². The second-order valence-electron chi connectivity index (χ2n) is 5.12. The van der Waals surface area contributed by atoms with Crippen molar-refractivity contribution in [3.63, 3.8) is 0 Å². The van der Waals surface area contributed by atoms with Crippen LogP contribution in [0.3, 0.4) is 0 Å². The molecule has 0 saturated heterocycles. The van der Waals surface area contributed by atoms with E-state index >= 15 is 0 Å². The highest BCUT2D eigenvalue weighted by Gasteiger charge is 2.08. The minimum atomic E-state index is -3.66. The predicted octanol–water partition coefficient (Wildman–Crippen LogP) is 0.964. The maximum atomic E-state index is 11.2. The van der Waals surface area contributed by atoms with Crippen molar-refractivity contribution in [2.75, 3.05) is 11.9 Å². The molecule has 0 aliphatic heterocycles. The Morgan fingerprint density at radius 3 is 2.42 bits per heavy atom. The summed E-state index contributed by atoms with van der Waals surface area (Å²) in [6.07, 6.45) is 0.687. The van der Waals surface area contributed by atoms with Crippen LogP contribution in [0.4, 0.5) is 5.95 Å². The Morgan fingerprint density at radius 2 is 1.75 bits per heavy atom. The van der Waals surface area contributed by atoms with Crippen LogP contribution in [0.25, 0.3) is 5.69 Å². The lowest BCUT2D eigenvalue weighted by molar-refractivity contribution is 0.598. The number of nitrogens with one attached hydrogen (secondary N) is 1. The van der Waals surface area contributed by atoms with E-state index < -0.39 is 10.0 Å². The highest BCUT2D eigenvalue weighted by atomic mass is 32.2. The van der Waals surface area contributed by atoms with Crippen molar-refractivity contribution in [1.82, 2.24) is 20.2 Å². The van der Waals surface area contributed by atoms with Crippen molar-refractivity contribution in [2.24, 2.45) is 5.14 Å². The van der Waals surface area contributed by atoms with E-state index in [0.717, 1.165) is 11.3 Å². The van der Waals surface area contributed by atoms with Crippen molar-refractivity contribution in [3.8, 4) is 5.69 Å². The first-order valence-electron chi connectivity index (χ1n) is 7.23. The summed E-state index contributed by atoms with van der Waals surface area (Å²) in [6.45, 7) is 0.599. The lowest BCUT2D eigenvalue weighted by Gasteiger charge is -2.07. The van der Waals surface area contributed by atoms with Gasteiger partial charge in [-0.2, -0.15) is 4.68 Å². The fourth-order valence-corrected chi connectivity index (χ4v) is 2.72. The van der Waals surface area contributed by atoms with Gasteiger partial charge in [0.15, 0.2) is 0 Å². The normalized spacial score (nSPS) is 11.4. The van der Waals surface area contributed by atoms with Crippen molar-refractivity contribution in [3.05, 3.63) is 60.2 Å². The van der Waals surface area contributed by atoms with Crippen LogP contribution >= 0.6 is 0 Å². The molecule has 0 bridgehead atoms. The number of para-hydroxylation sites is 1. The smallest absolute Gasteiger partial charge is 0.247 e. The lowest BCUT2D eigenvalue weighted by Crippen LogP contribution is -2.12. The third-order valence-corrected chi connectivity index (χ3v) is 4.35. The minimum absolute atomic E-state index is 0.104. The Hall–Kier alpha value is -2.78. The molecule has 0 fully saturated rings. The first kappa shape index (κ1) is 16.1. The Bertz CT molecular complexity index is 907. The van der Waals surface area contributed by atoms with Crippen LogP contribution in [0.15, 0.2) is 59.5 Å². The molecule has 0 aliphatic rings. The number of sulfonamides is 1. The molecule has 0 spiro atoms. The van der Waals surface area contributed by atoms with Gasteiger partial charge in [0, 0.05) is 6.54 Å². The van der Waals surface area contributed by atoms with Crippen LogP contribution in [-0.4, -0.2) is 35.2 Å². The predicted molar refractivity (Wildman–Crippen MR) is 89.2 cm³/mol. The Labute approximate surface area is 139 Å². The molecule has 8 nitrogen and oxygen atoms in total. The highest BCUT2D eigenvalue weighted by molar-refractivity contribution is 7.89.